The van der Waals surface area contributed by atoms with Crippen LogP contribution in [-0.2, 0) is 14.3 Å². The highest BCUT2D eigenvalue weighted by Gasteiger charge is 1.96. The van der Waals surface area contributed by atoms with Crippen LogP contribution in [0.4, 0.5) is 0 Å². The molecule has 0 bridgehead atoms. The van der Waals surface area contributed by atoms with Crippen molar-refractivity contribution in [1.82, 2.24) is 0 Å². The molecule has 0 saturated carbocycles. The molecule has 4 heteroatoms. The van der Waals surface area contributed by atoms with Crippen LogP contribution in [0, 0.1) is 5.92 Å². The molecular weight excluding hydrogens is 208 g/mol. The van der Waals surface area contributed by atoms with E-state index in [4.69, 9.17) is 9.84 Å². The quantitative estimate of drug-likeness (QED) is 0.579. The largest absolute Gasteiger partial charge is 0.478 e. The highest BCUT2D eigenvalue weighted by molar-refractivity contribution is 5.84. The molecule has 1 N–H and O–H groups in total. The highest BCUT2D eigenvalue weighted by atomic mass is 16.5. The van der Waals surface area contributed by atoms with Crippen LogP contribution < -0.4 is 0 Å². The van der Waals surface area contributed by atoms with Gasteiger partial charge >= 0.3 is 11.9 Å². The average molecular weight is 228 g/mol. The Morgan fingerprint density at radius 1 is 1.44 bits per heavy atom. The zero-order chi connectivity index (χ0) is 13.1. The summed E-state index contributed by atoms with van der Waals surface area (Å²) in [7, 11) is 0. The minimum Gasteiger partial charge on any atom is -0.478 e. The van der Waals surface area contributed by atoms with Crippen molar-refractivity contribution in [1.29, 1.82) is 0 Å². The molecule has 0 rings (SSSR count). The molecule has 0 saturated heterocycles. The van der Waals surface area contributed by atoms with E-state index in [0.29, 0.717) is 12.5 Å². The molecule has 16 heavy (non-hydrogen) atoms. The summed E-state index contributed by atoms with van der Waals surface area (Å²) >= 11 is 0. The third-order valence-electron chi connectivity index (χ3n) is 1.47. The van der Waals surface area contributed by atoms with Crippen molar-refractivity contribution in [2.75, 3.05) is 6.61 Å². The van der Waals surface area contributed by atoms with E-state index >= 15 is 0 Å². The molecule has 0 aliphatic heterocycles. The summed E-state index contributed by atoms with van der Waals surface area (Å²) in [4.78, 5) is 20.1. The topological polar surface area (TPSA) is 63.6 Å². The van der Waals surface area contributed by atoms with E-state index in [9.17, 15) is 9.59 Å². The summed E-state index contributed by atoms with van der Waals surface area (Å²) < 4.78 is 4.74. The van der Waals surface area contributed by atoms with E-state index in [1.165, 1.54) is 13.0 Å². The summed E-state index contributed by atoms with van der Waals surface area (Å²) in [5.74, 6) is -0.687. The molecule has 0 aromatic carbocycles. The first-order valence-electron chi connectivity index (χ1n) is 4.99. The number of ether oxygens (including phenoxy) is 1. The molecule has 0 aromatic heterocycles. The van der Waals surface area contributed by atoms with E-state index in [2.05, 4.69) is 27.0 Å². The fourth-order valence-electron chi connectivity index (χ4n) is 0.454. The number of aliphatic carboxylic acids is 1. The maximum atomic E-state index is 10.5. The monoisotopic (exact) mass is 228 g/mol. The molecule has 0 aliphatic rings. The van der Waals surface area contributed by atoms with Gasteiger partial charge in [-0.2, -0.15) is 0 Å². The molecule has 0 heterocycles. The van der Waals surface area contributed by atoms with Crippen molar-refractivity contribution in [2.45, 2.75) is 27.2 Å². The average Bonchev–Trinajstić information content (AvgIpc) is 2.17. The Morgan fingerprint density at radius 2 is 1.88 bits per heavy atom. The summed E-state index contributed by atoms with van der Waals surface area (Å²) in [6.45, 7) is 12.6. The lowest BCUT2D eigenvalue weighted by Gasteiger charge is -2.03. The number of carboxylic acid groups (broad SMARTS) is 1. The van der Waals surface area contributed by atoms with E-state index in [1.807, 2.05) is 0 Å². The van der Waals surface area contributed by atoms with Gasteiger partial charge in [-0.3, -0.25) is 0 Å². The van der Waals surface area contributed by atoms with Gasteiger partial charge in [0.05, 0.1) is 6.61 Å². The first-order chi connectivity index (χ1) is 7.31. The Bertz CT molecular complexity index is 242. The van der Waals surface area contributed by atoms with Gasteiger partial charge in [-0.05, 0) is 19.3 Å². The summed E-state index contributed by atoms with van der Waals surface area (Å²) in [5.41, 5.74) is 0.176. The van der Waals surface area contributed by atoms with Gasteiger partial charge in [-0.1, -0.05) is 27.0 Å². The van der Waals surface area contributed by atoms with Crippen LogP contribution in [0.15, 0.2) is 24.8 Å². The fourth-order valence-corrected chi connectivity index (χ4v) is 0.454. The predicted molar refractivity (Wildman–Crippen MR) is 63.1 cm³/mol. The van der Waals surface area contributed by atoms with Crippen LogP contribution in [0.5, 0.6) is 0 Å². The number of hydrogen-bond donors (Lipinski definition) is 1. The van der Waals surface area contributed by atoms with Gasteiger partial charge in [-0.25, -0.2) is 9.59 Å². The molecule has 0 amide bonds. The molecule has 0 atom stereocenters. The first-order valence-corrected chi connectivity index (χ1v) is 4.99. The van der Waals surface area contributed by atoms with Gasteiger partial charge in [-0.15, -0.1) is 0 Å². The number of carbonyl (C=O) groups is 2. The zero-order valence-corrected chi connectivity index (χ0v) is 10.2. The lowest BCUT2D eigenvalue weighted by Crippen LogP contribution is -2.03. The van der Waals surface area contributed by atoms with Gasteiger partial charge in [0.25, 0.3) is 0 Å². The number of rotatable bonds is 5. The van der Waals surface area contributed by atoms with E-state index in [0.717, 1.165) is 6.42 Å². The van der Waals surface area contributed by atoms with E-state index in [1.54, 1.807) is 0 Å². The van der Waals surface area contributed by atoms with Crippen molar-refractivity contribution in [3.05, 3.63) is 24.8 Å². The van der Waals surface area contributed by atoms with E-state index < -0.39 is 5.97 Å². The normalized spacial score (nSPS) is 8.75. The van der Waals surface area contributed by atoms with Crippen LogP contribution >= 0.6 is 0 Å². The fraction of sp³-hybridized carbons (Fsp3) is 0.500. The Balaban J connectivity index is 0. The van der Waals surface area contributed by atoms with Crippen molar-refractivity contribution in [3.8, 4) is 0 Å². The number of carbonyl (C=O) groups excluding carboxylic acids is 1. The van der Waals surface area contributed by atoms with Gasteiger partial charge in [0.2, 0.25) is 0 Å². The summed E-state index contributed by atoms with van der Waals surface area (Å²) in [6.07, 6.45) is 2.10. The second-order valence-electron chi connectivity index (χ2n) is 3.64. The lowest BCUT2D eigenvalue weighted by atomic mass is 10.1. The molecular formula is C12H20O4. The molecule has 4 nitrogen and oxygen atoms in total. The van der Waals surface area contributed by atoms with Crippen LogP contribution in [0.3, 0.4) is 0 Å². The molecule has 0 radical (unpaired) electrons. The molecule has 0 aromatic rings. The van der Waals surface area contributed by atoms with Gasteiger partial charge in [0.15, 0.2) is 0 Å². The minimum atomic E-state index is -0.935. The molecule has 0 unspecified atom stereocenters. The number of carboxylic acids is 1. The van der Waals surface area contributed by atoms with Crippen LogP contribution in [-0.4, -0.2) is 23.7 Å². The molecule has 0 fully saturated rings. The van der Waals surface area contributed by atoms with Crippen molar-refractivity contribution >= 4 is 11.9 Å². The summed E-state index contributed by atoms with van der Waals surface area (Å²) in [6, 6.07) is 0. The zero-order valence-electron chi connectivity index (χ0n) is 10.2. The van der Waals surface area contributed by atoms with Gasteiger partial charge in [0, 0.05) is 11.6 Å². The molecule has 0 spiro atoms. The van der Waals surface area contributed by atoms with E-state index in [-0.39, 0.29) is 11.5 Å². The smallest absolute Gasteiger partial charge is 0.330 e. The van der Waals surface area contributed by atoms with Crippen LogP contribution in [0.25, 0.3) is 0 Å². The Kier molecular flexibility index (Phi) is 10.5. The van der Waals surface area contributed by atoms with Crippen LogP contribution in [0.2, 0.25) is 0 Å². The minimum absolute atomic E-state index is 0.176. The van der Waals surface area contributed by atoms with Crippen molar-refractivity contribution in [2.24, 2.45) is 5.92 Å². The third kappa shape index (κ3) is 14.9. The van der Waals surface area contributed by atoms with Crippen molar-refractivity contribution in [3.63, 3.8) is 0 Å². The second-order valence-corrected chi connectivity index (χ2v) is 3.64. The Labute approximate surface area is 96.6 Å². The lowest BCUT2D eigenvalue weighted by molar-refractivity contribution is -0.138. The first kappa shape index (κ1) is 16.8. The summed E-state index contributed by atoms with van der Waals surface area (Å²) in [5, 5.41) is 7.89. The number of hydrogen-bond acceptors (Lipinski definition) is 3. The van der Waals surface area contributed by atoms with Gasteiger partial charge in [0.1, 0.15) is 0 Å². The Morgan fingerprint density at radius 3 is 2.12 bits per heavy atom. The SMILES string of the molecule is C=C(C)C(=O)O.C=CC(=O)OCCC(C)C. The Hall–Kier alpha value is -1.58. The number of esters is 1. The standard InChI is InChI=1S/C8H14O2.C4H6O2/c1-4-8(9)10-6-5-7(2)3;1-3(2)4(5)6/h4,7H,1,5-6H2,2-3H3;1H2,2H3,(H,5,6). The second kappa shape index (κ2) is 9.96. The maximum absolute atomic E-state index is 10.5. The predicted octanol–water partition coefficient (Wildman–Crippen LogP) is 2.41. The highest BCUT2D eigenvalue weighted by Crippen LogP contribution is 1.98. The maximum Gasteiger partial charge on any atom is 0.330 e. The van der Waals surface area contributed by atoms with Crippen LogP contribution in [0.1, 0.15) is 27.2 Å². The van der Waals surface area contributed by atoms with Crippen molar-refractivity contribution < 1.29 is 19.4 Å². The van der Waals surface area contributed by atoms with Gasteiger partial charge < -0.3 is 9.84 Å². The molecule has 92 valence electrons. The molecule has 0 aliphatic carbocycles. The third-order valence-corrected chi connectivity index (χ3v) is 1.47.